The van der Waals surface area contributed by atoms with Crippen LogP contribution in [0, 0.1) is 5.41 Å². The molecule has 0 bridgehead atoms. The summed E-state index contributed by atoms with van der Waals surface area (Å²) in [6.45, 7) is 8.44. The zero-order valence-corrected chi connectivity index (χ0v) is 22.5. The smallest absolute Gasteiger partial charge is 0.328 e. The highest BCUT2D eigenvalue weighted by Gasteiger charge is 2.40. The van der Waals surface area contributed by atoms with Gasteiger partial charge in [0, 0.05) is 44.8 Å². The average molecular weight is 538 g/mol. The van der Waals surface area contributed by atoms with Gasteiger partial charge in [0.05, 0.1) is 15.9 Å². The number of aliphatic carboxylic acids is 2. The van der Waals surface area contributed by atoms with E-state index in [1.807, 2.05) is 20.2 Å². The fraction of sp³-hybridized carbons (Fsp3) is 0.500. The number of imidazole rings is 1. The van der Waals surface area contributed by atoms with Crippen LogP contribution in [0.3, 0.4) is 0 Å². The number of nitrogens with two attached hydrogens (primary N) is 1. The summed E-state index contributed by atoms with van der Waals surface area (Å²) >= 11 is 0. The predicted octanol–water partition coefficient (Wildman–Crippen LogP) is 1.43. The van der Waals surface area contributed by atoms with Crippen molar-refractivity contribution in [3.8, 4) is 0 Å². The largest absolute Gasteiger partial charge is 0.478 e. The first-order valence-electron chi connectivity index (χ1n) is 11.6. The maximum absolute atomic E-state index is 12.9. The Kier molecular flexibility index (Phi) is 9.44. The summed E-state index contributed by atoms with van der Waals surface area (Å²) in [5.74, 6) is -1.55. The maximum Gasteiger partial charge on any atom is 0.328 e. The molecule has 1 fully saturated rings. The number of fused-ring (bicyclic) bond motifs is 1. The van der Waals surface area contributed by atoms with Gasteiger partial charge in [-0.05, 0) is 37.7 Å². The molecule has 12 nitrogen and oxygen atoms in total. The highest BCUT2D eigenvalue weighted by molar-refractivity contribution is 7.92. The Morgan fingerprint density at radius 2 is 1.70 bits per heavy atom. The number of benzene rings is 1. The number of sulfone groups is 1. The van der Waals surface area contributed by atoms with Gasteiger partial charge in [-0.2, -0.15) is 0 Å². The highest BCUT2D eigenvalue weighted by Crippen LogP contribution is 2.29. The molecule has 0 unspecified atom stereocenters. The molecule has 1 aromatic heterocycles. The van der Waals surface area contributed by atoms with Gasteiger partial charge in [-0.3, -0.25) is 0 Å². The standard InChI is InChI=1S/C20H31N5O3S.C4H4O4/c1-20(2,3)11-18-22-16-10-14(6-7-17(16)25(18)9-8-23(4)5)29(27,28)15-12-24(13-15)19(21)26;5-3(6)1-2-4(7)8/h6-7,10,15H,8-9,11-13H2,1-5H3,(H2,21,26);1-2H,(H,5,6)(H,7,8). The molecule has 2 aromatic rings. The summed E-state index contributed by atoms with van der Waals surface area (Å²) in [5, 5.41) is 15.0. The van der Waals surface area contributed by atoms with Crippen LogP contribution >= 0.6 is 0 Å². The normalized spacial score (nSPS) is 14.5. The minimum absolute atomic E-state index is 0.0658. The molecule has 204 valence electrons. The zero-order chi connectivity index (χ0) is 28.1. The Morgan fingerprint density at radius 1 is 1.14 bits per heavy atom. The second-order valence-corrected chi connectivity index (χ2v) is 12.5. The van der Waals surface area contributed by atoms with Gasteiger partial charge in [-0.1, -0.05) is 20.8 Å². The molecule has 2 heterocycles. The molecule has 1 aromatic carbocycles. The van der Waals surface area contributed by atoms with E-state index in [2.05, 4.69) is 30.2 Å². The lowest BCUT2D eigenvalue weighted by molar-refractivity contribution is -0.134. The number of carboxylic acids is 2. The van der Waals surface area contributed by atoms with Crippen molar-refractivity contribution in [1.82, 2.24) is 19.4 Å². The predicted molar refractivity (Wildman–Crippen MR) is 138 cm³/mol. The molecule has 1 aliphatic heterocycles. The number of carbonyl (C=O) groups is 3. The van der Waals surface area contributed by atoms with E-state index in [4.69, 9.17) is 20.9 Å². The highest BCUT2D eigenvalue weighted by atomic mass is 32.2. The van der Waals surface area contributed by atoms with Gasteiger partial charge in [0.2, 0.25) is 0 Å². The Bertz CT molecular complexity index is 1270. The van der Waals surface area contributed by atoms with Gasteiger partial charge < -0.3 is 30.3 Å². The van der Waals surface area contributed by atoms with Crippen molar-refractivity contribution in [2.75, 3.05) is 33.7 Å². The fourth-order valence-corrected chi connectivity index (χ4v) is 5.32. The van der Waals surface area contributed by atoms with Crippen molar-refractivity contribution in [1.29, 1.82) is 0 Å². The lowest BCUT2D eigenvalue weighted by atomic mass is 9.92. The van der Waals surface area contributed by atoms with Crippen molar-refractivity contribution >= 4 is 38.8 Å². The van der Waals surface area contributed by atoms with Crippen LogP contribution in [0.4, 0.5) is 4.79 Å². The molecular weight excluding hydrogens is 502 g/mol. The number of nitrogens with zero attached hydrogens (tertiary/aromatic N) is 4. The van der Waals surface area contributed by atoms with E-state index >= 15 is 0 Å². The summed E-state index contributed by atoms with van der Waals surface area (Å²) in [4.78, 5) is 38.8. The third kappa shape index (κ3) is 8.29. The van der Waals surface area contributed by atoms with Gasteiger partial charge >= 0.3 is 18.0 Å². The number of likely N-dealkylation sites (N-methyl/N-ethyl adjacent to an activating group) is 1. The first-order valence-corrected chi connectivity index (χ1v) is 13.1. The first-order chi connectivity index (χ1) is 17.0. The Balaban J connectivity index is 0.000000521. The summed E-state index contributed by atoms with van der Waals surface area (Å²) < 4.78 is 28.1. The third-order valence-electron chi connectivity index (χ3n) is 5.55. The topological polar surface area (TPSA) is 176 Å². The number of rotatable bonds is 8. The van der Waals surface area contributed by atoms with Crippen molar-refractivity contribution < 1.29 is 33.0 Å². The number of hydrogen-bond acceptors (Lipinski definition) is 7. The second kappa shape index (κ2) is 11.7. The number of carboxylic acid groups (broad SMARTS) is 2. The molecule has 1 saturated heterocycles. The third-order valence-corrected chi connectivity index (χ3v) is 7.64. The van der Waals surface area contributed by atoms with Crippen molar-refractivity contribution in [3.05, 3.63) is 36.2 Å². The molecule has 13 heteroatoms. The van der Waals surface area contributed by atoms with Gasteiger partial charge in [-0.25, -0.2) is 27.8 Å². The fourth-order valence-electron chi connectivity index (χ4n) is 3.64. The molecule has 0 atom stereocenters. The van der Waals surface area contributed by atoms with E-state index < -0.39 is 33.1 Å². The number of carbonyl (C=O) groups excluding carboxylic acids is 1. The van der Waals surface area contributed by atoms with E-state index in [0.29, 0.717) is 17.7 Å². The van der Waals surface area contributed by atoms with Crippen LogP contribution in [0.2, 0.25) is 0 Å². The molecule has 1 aliphatic rings. The minimum Gasteiger partial charge on any atom is -0.478 e. The molecule has 37 heavy (non-hydrogen) atoms. The molecule has 3 rings (SSSR count). The summed E-state index contributed by atoms with van der Waals surface area (Å²) in [6.07, 6.45) is 1.91. The average Bonchev–Trinajstić information content (AvgIpc) is 3.03. The number of urea groups is 1. The molecule has 0 saturated carbocycles. The maximum atomic E-state index is 12.9. The monoisotopic (exact) mass is 537 g/mol. The SMILES string of the molecule is CN(C)CCn1c(CC(C)(C)C)nc2cc(S(=O)(=O)C3CN(C(N)=O)C3)ccc21.O=C(O)C=CC(=O)O. The van der Waals surface area contributed by atoms with E-state index in [0.717, 1.165) is 30.9 Å². The Morgan fingerprint density at radius 3 is 2.16 bits per heavy atom. The van der Waals surface area contributed by atoms with Gasteiger partial charge in [0.15, 0.2) is 9.84 Å². The number of primary amides is 1. The number of hydrogen-bond donors (Lipinski definition) is 3. The number of amides is 2. The van der Waals surface area contributed by atoms with Crippen molar-refractivity contribution in [3.63, 3.8) is 0 Å². The van der Waals surface area contributed by atoms with Crippen LogP contribution in [-0.2, 0) is 32.4 Å². The minimum atomic E-state index is -3.53. The van der Waals surface area contributed by atoms with Crippen LogP contribution < -0.4 is 5.73 Å². The number of aromatic nitrogens is 2. The second-order valence-electron chi connectivity index (χ2n) is 10.3. The van der Waals surface area contributed by atoms with E-state index in [1.54, 1.807) is 12.1 Å². The summed E-state index contributed by atoms with van der Waals surface area (Å²) in [7, 11) is 0.526. The quantitative estimate of drug-likeness (QED) is 0.420. The molecule has 0 aliphatic carbocycles. The van der Waals surface area contributed by atoms with Crippen LogP contribution in [-0.4, -0.2) is 94.9 Å². The van der Waals surface area contributed by atoms with Gasteiger partial charge in [0.1, 0.15) is 11.1 Å². The Hall–Kier alpha value is -3.45. The van der Waals surface area contributed by atoms with Crippen molar-refractivity contribution in [2.45, 2.75) is 43.9 Å². The molecule has 0 radical (unpaired) electrons. The van der Waals surface area contributed by atoms with Gasteiger partial charge in [-0.15, -0.1) is 0 Å². The lowest BCUT2D eigenvalue weighted by Crippen LogP contribution is -2.58. The van der Waals surface area contributed by atoms with Gasteiger partial charge in [0.25, 0.3) is 0 Å². The van der Waals surface area contributed by atoms with Crippen LogP contribution in [0.15, 0.2) is 35.2 Å². The summed E-state index contributed by atoms with van der Waals surface area (Å²) in [5.41, 5.74) is 6.91. The lowest BCUT2D eigenvalue weighted by Gasteiger charge is -2.37. The van der Waals surface area contributed by atoms with Crippen LogP contribution in [0.1, 0.15) is 26.6 Å². The molecule has 0 spiro atoms. The summed E-state index contributed by atoms with van der Waals surface area (Å²) in [6, 6.07) is 4.58. The van der Waals surface area contributed by atoms with Crippen molar-refractivity contribution in [2.24, 2.45) is 11.1 Å². The van der Waals surface area contributed by atoms with E-state index in [1.165, 1.54) is 4.90 Å². The molecule has 4 N–H and O–H groups in total. The Labute approximate surface area is 216 Å². The van der Waals surface area contributed by atoms with E-state index in [9.17, 15) is 22.8 Å². The zero-order valence-electron chi connectivity index (χ0n) is 21.7. The first kappa shape index (κ1) is 29.8. The van der Waals surface area contributed by atoms with E-state index in [-0.39, 0.29) is 23.4 Å². The molecular formula is C24H35N5O7S. The molecule has 2 amide bonds. The van der Waals surface area contributed by atoms with Crippen LogP contribution in [0.25, 0.3) is 11.0 Å². The van der Waals surface area contributed by atoms with Crippen LogP contribution in [0.5, 0.6) is 0 Å². The number of likely N-dealkylation sites (tertiary alicyclic amines) is 1.